The van der Waals surface area contributed by atoms with E-state index in [0.29, 0.717) is 25.0 Å². The van der Waals surface area contributed by atoms with Crippen LogP contribution in [-0.4, -0.2) is 75.3 Å². The number of ketones is 1. The summed E-state index contributed by atoms with van der Waals surface area (Å²) in [5, 5.41) is 11.2. The number of oxime groups is 1. The lowest BCUT2D eigenvalue weighted by Gasteiger charge is -2.35. The van der Waals surface area contributed by atoms with Crippen LogP contribution in [0.4, 0.5) is 0 Å². The first kappa shape index (κ1) is 34.3. The summed E-state index contributed by atoms with van der Waals surface area (Å²) in [7, 11) is 0. The summed E-state index contributed by atoms with van der Waals surface area (Å²) in [6.45, 7) is 5.63. The van der Waals surface area contributed by atoms with E-state index >= 15 is 0 Å². The highest BCUT2D eigenvalue weighted by Crippen LogP contribution is 2.48. The number of fused-ring (bicyclic) bond motifs is 1. The molecule has 12 heteroatoms. The summed E-state index contributed by atoms with van der Waals surface area (Å²) in [4.78, 5) is 79.5. The minimum atomic E-state index is -1.12. The Morgan fingerprint density at radius 1 is 0.980 bits per heavy atom. The second-order valence-electron chi connectivity index (χ2n) is 15.7. The molecule has 0 unspecified atom stereocenters. The van der Waals surface area contributed by atoms with E-state index in [4.69, 9.17) is 10.6 Å². The number of primary amides is 1. The largest absolute Gasteiger partial charge is 0.387 e. The fourth-order valence-electron chi connectivity index (χ4n) is 7.59. The Bertz CT molecular complexity index is 1910. The van der Waals surface area contributed by atoms with Crippen LogP contribution in [0, 0.1) is 17.3 Å². The van der Waals surface area contributed by atoms with Gasteiger partial charge in [-0.15, -0.1) is 0 Å². The van der Waals surface area contributed by atoms with Crippen molar-refractivity contribution in [1.29, 1.82) is 0 Å². The molecule has 2 aromatic carbocycles. The van der Waals surface area contributed by atoms with Gasteiger partial charge in [-0.2, -0.15) is 0 Å². The molecule has 3 heterocycles. The average Bonchev–Trinajstić information content (AvgIpc) is 4.04. The molecule has 51 heavy (non-hydrogen) atoms. The first-order valence-electron chi connectivity index (χ1n) is 17.7. The molecule has 266 valence electrons. The molecule has 3 aromatic rings. The topological polar surface area (TPSA) is 173 Å². The van der Waals surface area contributed by atoms with E-state index < -0.39 is 52.6 Å². The molecule has 12 nitrogen and oxygen atoms in total. The normalized spacial score (nSPS) is 25.1. The molecule has 1 saturated heterocycles. The van der Waals surface area contributed by atoms with E-state index in [0.717, 1.165) is 34.9 Å². The van der Waals surface area contributed by atoms with E-state index in [2.05, 4.69) is 20.8 Å². The number of nitrogens with two attached hydrogens (primary N) is 1. The maximum Gasteiger partial charge on any atom is 0.287 e. The molecule has 0 radical (unpaired) electrons. The zero-order chi connectivity index (χ0) is 36.1. The predicted octanol–water partition coefficient (Wildman–Crippen LogP) is 3.37. The first-order valence-corrected chi connectivity index (χ1v) is 17.7. The minimum Gasteiger partial charge on any atom is -0.387 e. The molecule has 4 N–H and O–H groups in total. The monoisotopic (exact) mass is 692 g/mol. The summed E-state index contributed by atoms with van der Waals surface area (Å²) >= 11 is 0. The fraction of sp³-hybridized carbons (Fsp3) is 0.462. The van der Waals surface area contributed by atoms with Crippen molar-refractivity contribution in [2.24, 2.45) is 28.1 Å². The van der Waals surface area contributed by atoms with Gasteiger partial charge in [0.15, 0.2) is 5.60 Å². The minimum absolute atomic E-state index is 0.0185. The quantitative estimate of drug-likeness (QED) is 0.259. The molecule has 3 fully saturated rings. The fourth-order valence-corrected chi connectivity index (χ4v) is 7.59. The van der Waals surface area contributed by atoms with Crippen LogP contribution in [0.25, 0.3) is 10.9 Å². The Hall–Kier alpha value is -5.13. The Morgan fingerprint density at radius 3 is 2.43 bits per heavy atom. The molecule has 4 aliphatic rings. The Kier molecular flexibility index (Phi) is 8.89. The van der Waals surface area contributed by atoms with Gasteiger partial charge in [-0.05, 0) is 41.7 Å². The van der Waals surface area contributed by atoms with Crippen LogP contribution >= 0.6 is 0 Å². The Labute approximate surface area is 296 Å². The lowest BCUT2D eigenvalue weighted by Crippen LogP contribution is -2.59. The first-order chi connectivity index (χ1) is 24.3. The SMILES string of the molecule is CC(C)(C)[C@H](NC(=O)[C@H]1C[C@@H]1c1ccccc1)C(=O)N1C[C@@]2(CC(c3cccc4cccnc34)=NO2)C[C@H]1C(=O)N[C@@H](CC1CC1)C(=O)C(N)=O. The number of nitrogens with zero attached hydrogens (tertiary/aromatic N) is 3. The molecule has 2 saturated carbocycles. The van der Waals surface area contributed by atoms with Gasteiger partial charge in [0, 0.05) is 35.9 Å². The van der Waals surface area contributed by atoms with Crippen LogP contribution in [0.2, 0.25) is 0 Å². The number of hydrogen-bond donors (Lipinski definition) is 3. The highest BCUT2D eigenvalue weighted by Gasteiger charge is 2.56. The maximum atomic E-state index is 14.7. The van der Waals surface area contributed by atoms with Crippen LogP contribution in [0.1, 0.15) is 76.3 Å². The molecule has 7 rings (SSSR count). The van der Waals surface area contributed by atoms with Crippen molar-refractivity contribution >= 4 is 46.0 Å². The third kappa shape index (κ3) is 7.09. The van der Waals surface area contributed by atoms with Crippen LogP contribution in [0.5, 0.6) is 0 Å². The number of benzene rings is 2. The number of pyridine rings is 1. The van der Waals surface area contributed by atoms with Gasteiger partial charge in [0.1, 0.15) is 12.1 Å². The van der Waals surface area contributed by atoms with Crippen molar-refractivity contribution < 1.29 is 28.8 Å². The van der Waals surface area contributed by atoms with Crippen LogP contribution < -0.4 is 16.4 Å². The Balaban J connectivity index is 1.16. The highest BCUT2D eigenvalue weighted by atomic mass is 16.7. The third-order valence-electron chi connectivity index (χ3n) is 10.7. The summed E-state index contributed by atoms with van der Waals surface area (Å²) in [6, 6.07) is 16.3. The van der Waals surface area contributed by atoms with Gasteiger partial charge in [-0.3, -0.25) is 29.0 Å². The maximum absolute atomic E-state index is 14.7. The van der Waals surface area contributed by atoms with Crippen LogP contribution in [-0.2, 0) is 28.8 Å². The van der Waals surface area contributed by atoms with Crippen molar-refractivity contribution in [3.05, 3.63) is 78.0 Å². The van der Waals surface area contributed by atoms with Gasteiger partial charge in [-0.1, -0.05) is 93.4 Å². The van der Waals surface area contributed by atoms with E-state index in [-0.39, 0.29) is 36.6 Å². The number of likely N-dealkylation sites (tertiary alicyclic amines) is 1. The van der Waals surface area contributed by atoms with Crippen molar-refractivity contribution in [3.63, 3.8) is 0 Å². The van der Waals surface area contributed by atoms with E-state index in [9.17, 15) is 24.0 Å². The lowest BCUT2D eigenvalue weighted by atomic mass is 9.85. The molecule has 1 spiro atoms. The lowest BCUT2D eigenvalue weighted by molar-refractivity contribution is -0.145. The van der Waals surface area contributed by atoms with Crippen LogP contribution in [0.15, 0.2) is 72.0 Å². The van der Waals surface area contributed by atoms with Crippen molar-refractivity contribution in [2.75, 3.05) is 6.54 Å². The van der Waals surface area contributed by atoms with E-state index in [1.165, 1.54) is 4.90 Å². The smallest absolute Gasteiger partial charge is 0.287 e. The third-order valence-corrected chi connectivity index (χ3v) is 10.7. The number of nitrogens with one attached hydrogen (secondary N) is 2. The molecule has 2 aliphatic carbocycles. The molecule has 0 bridgehead atoms. The zero-order valence-electron chi connectivity index (χ0n) is 29.1. The van der Waals surface area contributed by atoms with Gasteiger partial charge >= 0.3 is 0 Å². The van der Waals surface area contributed by atoms with Crippen molar-refractivity contribution in [2.45, 2.75) is 88.9 Å². The van der Waals surface area contributed by atoms with Gasteiger partial charge in [0.2, 0.25) is 23.5 Å². The number of carbonyl (C=O) groups excluding carboxylic acids is 5. The number of carbonyl (C=O) groups is 5. The number of aromatic nitrogens is 1. The zero-order valence-corrected chi connectivity index (χ0v) is 29.1. The summed E-state index contributed by atoms with van der Waals surface area (Å²) in [5.41, 5.74) is 6.88. The molecule has 6 atom stereocenters. The number of amides is 4. The molecular formula is C39H44N6O6. The summed E-state index contributed by atoms with van der Waals surface area (Å²) in [6.07, 6.45) is 4.87. The molecule has 1 aromatic heterocycles. The predicted molar refractivity (Wildman–Crippen MR) is 189 cm³/mol. The van der Waals surface area contributed by atoms with Crippen LogP contribution in [0.3, 0.4) is 0 Å². The molecular weight excluding hydrogens is 648 g/mol. The number of hydrogen-bond acceptors (Lipinski definition) is 8. The van der Waals surface area contributed by atoms with Gasteiger partial charge in [0.25, 0.3) is 5.91 Å². The second kappa shape index (κ2) is 13.2. The summed E-state index contributed by atoms with van der Waals surface area (Å²) < 4.78 is 0. The number of para-hydroxylation sites is 1. The van der Waals surface area contributed by atoms with Crippen molar-refractivity contribution in [3.8, 4) is 0 Å². The summed E-state index contributed by atoms with van der Waals surface area (Å²) in [5.74, 6) is -3.21. The van der Waals surface area contributed by atoms with Gasteiger partial charge in [0.05, 0.1) is 23.8 Å². The second-order valence-corrected chi connectivity index (χ2v) is 15.7. The van der Waals surface area contributed by atoms with Crippen molar-refractivity contribution in [1.82, 2.24) is 20.5 Å². The molecule has 2 aliphatic heterocycles. The molecule has 4 amide bonds. The Morgan fingerprint density at radius 2 is 1.73 bits per heavy atom. The van der Waals surface area contributed by atoms with Gasteiger partial charge < -0.3 is 26.1 Å². The van der Waals surface area contributed by atoms with Gasteiger partial charge in [-0.25, -0.2) is 0 Å². The standard InChI is InChI=1S/C39H44N6O6/c1-38(2,3)33(43-35(48)27-18-26(27)23-9-5-4-6-10-23)37(50)45-21-39(19-29(44-51-39)25-13-7-11-24-12-8-16-41-31(24)25)20-30(45)36(49)42-28(17-22-14-15-22)32(46)34(40)47/h4-13,16,22,26-28,30,33H,14-15,17-21H2,1-3H3,(H2,40,47)(H,42,49)(H,43,48)/t26-,27+,28+,30+,33-,39-/m1/s1. The number of Topliss-reactive ketones (excluding diaryl/α,β-unsaturated/α-hetero) is 1. The highest BCUT2D eigenvalue weighted by molar-refractivity contribution is 6.37. The number of rotatable bonds is 11. The van der Waals surface area contributed by atoms with E-state index in [1.807, 2.05) is 81.4 Å². The average molecular weight is 693 g/mol. The van der Waals surface area contributed by atoms with E-state index in [1.54, 1.807) is 6.20 Å².